The average Bonchev–Trinajstić information content (AvgIpc) is 3.00. The summed E-state index contributed by atoms with van der Waals surface area (Å²) in [6.07, 6.45) is 8.09. The lowest BCUT2D eigenvalue weighted by Gasteiger charge is -2.40. The Morgan fingerprint density at radius 1 is 1.00 bits per heavy atom. The van der Waals surface area contributed by atoms with Crippen LogP contribution in [0.2, 0.25) is 0 Å². The molecule has 16 heavy (non-hydrogen) atoms. The van der Waals surface area contributed by atoms with E-state index in [0.29, 0.717) is 5.54 Å². The zero-order chi connectivity index (χ0) is 11.6. The van der Waals surface area contributed by atoms with Gasteiger partial charge in [0.1, 0.15) is 0 Å². The van der Waals surface area contributed by atoms with Crippen LogP contribution in [0.25, 0.3) is 0 Å². The highest BCUT2D eigenvalue weighted by atomic mass is 15.2. The molecule has 0 aromatic carbocycles. The number of likely N-dealkylation sites (tertiary alicyclic amines) is 1. The summed E-state index contributed by atoms with van der Waals surface area (Å²) in [6.45, 7) is 9.66. The Morgan fingerprint density at radius 3 is 2.12 bits per heavy atom. The van der Waals surface area contributed by atoms with Crippen molar-refractivity contribution in [1.82, 2.24) is 10.2 Å². The smallest absolute Gasteiger partial charge is 0.0209 e. The molecule has 2 heteroatoms. The molecule has 2 aliphatic rings. The van der Waals surface area contributed by atoms with E-state index in [2.05, 4.69) is 31.0 Å². The molecule has 1 aliphatic carbocycles. The first-order valence-electron chi connectivity index (χ1n) is 7.25. The number of hydrogen-bond donors (Lipinski definition) is 1. The molecular formula is C14H28N2. The van der Waals surface area contributed by atoms with Crippen molar-refractivity contribution in [2.24, 2.45) is 0 Å². The van der Waals surface area contributed by atoms with Gasteiger partial charge in [-0.15, -0.1) is 0 Å². The Labute approximate surface area is 101 Å². The summed E-state index contributed by atoms with van der Waals surface area (Å²) in [6, 6.07) is 1.64. The van der Waals surface area contributed by atoms with Crippen LogP contribution in [0, 0.1) is 0 Å². The van der Waals surface area contributed by atoms with Crippen molar-refractivity contribution in [3.8, 4) is 0 Å². The third-order valence-corrected chi connectivity index (χ3v) is 4.88. The molecule has 1 atom stereocenters. The van der Waals surface area contributed by atoms with Gasteiger partial charge in [-0.1, -0.05) is 20.8 Å². The molecule has 0 spiro atoms. The molecule has 1 unspecified atom stereocenters. The van der Waals surface area contributed by atoms with Crippen molar-refractivity contribution in [2.75, 3.05) is 13.1 Å². The van der Waals surface area contributed by atoms with Crippen LogP contribution in [0.15, 0.2) is 0 Å². The molecule has 1 aliphatic heterocycles. The molecule has 0 aromatic rings. The summed E-state index contributed by atoms with van der Waals surface area (Å²) < 4.78 is 0. The first kappa shape index (κ1) is 12.4. The maximum Gasteiger partial charge on any atom is 0.0209 e. The van der Waals surface area contributed by atoms with Crippen molar-refractivity contribution < 1.29 is 0 Å². The zero-order valence-corrected chi connectivity index (χ0v) is 11.3. The molecule has 0 radical (unpaired) electrons. The number of nitrogens with one attached hydrogen (secondary N) is 1. The summed E-state index contributed by atoms with van der Waals surface area (Å²) in [4.78, 5) is 2.76. The normalized spacial score (nSPS) is 27.6. The van der Waals surface area contributed by atoms with E-state index in [1.807, 2.05) is 0 Å². The van der Waals surface area contributed by atoms with Gasteiger partial charge in [0.15, 0.2) is 0 Å². The Kier molecular flexibility index (Phi) is 3.91. The van der Waals surface area contributed by atoms with Crippen LogP contribution >= 0.6 is 0 Å². The highest BCUT2D eigenvalue weighted by Gasteiger charge is 2.37. The summed E-state index contributed by atoms with van der Waals surface area (Å²) in [5, 5.41) is 3.79. The van der Waals surface area contributed by atoms with E-state index >= 15 is 0 Å². The van der Waals surface area contributed by atoms with E-state index in [9.17, 15) is 0 Å². The van der Waals surface area contributed by atoms with Crippen LogP contribution < -0.4 is 5.32 Å². The summed E-state index contributed by atoms with van der Waals surface area (Å²) in [5.74, 6) is 0. The van der Waals surface area contributed by atoms with Gasteiger partial charge in [0.2, 0.25) is 0 Å². The molecule has 2 fully saturated rings. The summed E-state index contributed by atoms with van der Waals surface area (Å²) >= 11 is 0. The van der Waals surface area contributed by atoms with Crippen molar-refractivity contribution >= 4 is 0 Å². The second kappa shape index (κ2) is 5.05. The molecule has 0 amide bonds. The second-order valence-electron chi connectivity index (χ2n) is 5.66. The van der Waals surface area contributed by atoms with Crippen molar-refractivity contribution in [3.63, 3.8) is 0 Å². The maximum atomic E-state index is 3.79. The largest absolute Gasteiger partial charge is 0.310 e. The molecule has 1 saturated heterocycles. The van der Waals surface area contributed by atoms with E-state index in [1.54, 1.807) is 0 Å². The Morgan fingerprint density at radius 2 is 1.62 bits per heavy atom. The molecule has 2 nitrogen and oxygen atoms in total. The Balaban J connectivity index is 1.89. The van der Waals surface area contributed by atoms with Crippen LogP contribution in [0.5, 0.6) is 0 Å². The first-order valence-corrected chi connectivity index (χ1v) is 7.25. The molecule has 2 rings (SSSR count). The summed E-state index contributed by atoms with van der Waals surface area (Å²) in [5.41, 5.74) is 0.486. The lowest BCUT2D eigenvalue weighted by atomic mass is 9.88. The van der Waals surface area contributed by atoms with Crippen molar-refractivity contribution in [3.05, 3.63) is 0 Å². The van der Waals surface area contributed by atoms with E-state index in [1.165, 1.54) is 51.6 Å². The van der Waals surface area contributed by atoms with E-state index in [-0.39, 0.29) is 0 Å². The van der Waals surface area contributed by atoms with E-state index in [4.69, 9.17) is 0 Å². The highest BCUT2D eigenvalue weighted by molar-refractivity contribution is 4.96. The first-order chi connectivity index (χ1) is 7.74. The van der Waals surface area contributed by atoms with Crippen molar-refractivity contribution in [2.45, 2.75) is 76.9 Å². The average molecular weight is 224 g/mol. The van der Waals surface area contributed by atoms with E-state index < -0.39 is 0 Å². The fourth-order valence-electron chi connectivity index (χ4n) is 3.33. The van der Waals surface area contributed by atoms with Crippen LogP contribution in [-0.2, 0) is 0 Å². The quantitative estimate of drug-likeness (QED) is 0.746. The highest BCUT2D eigenvalue weighted by Crippen LogP contribution is 2.32. The van der Waals surface area contributed by atoms with Gasteiger partial charge < -0.3 is 5.32 Å². The minimum absolute atomic E-state index is 0.486. The minimum atomic E-state index is 0.486. The van der Waals surface area contributed by atoms with Gasteiger partial charge >= 0.3 is 0 Å². The van der Waals surface area contributed by atoms with Gasteiger partial charge in [0.25, 0.3) is 0 Å². The van der Waals surface area contributed by atoms with E-state index in [0.717, 1.165) is 12.1 Å². The Bertz CT molecular complexity index is 211. The SMILES string of the molecule is CCC(CC)(CC)N1CCC(NC2CC2)C1. The van der Waals surface area contributed by atoms with Gasteiger partial charge in [-0.2, -0.15) is 0 Å². The number of rotatable bonds is 6. The number of nitrogens with zero attached hydrogens (tertiary/aromatic N) is 1. The van der Waals surface area contributed by atoms with Gasteiger partial charge in [-0.3, -0.25) is 4.90 Å². The lowest BCUT2D eigenvalue weighted by molar-refractivity contribution is 0.0981. The van der Waals surface area contributed by atoms with Gasteiger partial charge in [0, 0.05) is 30.7 Å². The predicted octanol–water partition coefficient (Wildman–Crippen LogP) is 2.78. The standard InChI is InChI=1S/C14H28N2/c1-4-14(5-2,6-3)16-10-9-13(11-16)15-12-7-8-12/h12-13,15H,4-11H2,1-3H3. The monoisotopic (exact) mass is 224 g/mol. The fourth-order valence-corrected chi connectivity index (χ4v) is 3.33. The second-order valence-corrected chi connectivity index (χ2v) is 5.66. The van der Waals surface area contributed by atoms with Crippen LogP contribution in [0.4, 0.5) is 0 Å². The maximum absolute atomic E-state index is 3.79. The molecule has 0 bridgehead atoms. The lowest BCUT2D eigenvalue weighted by Crippen LogP contribution is -2.47. The predicted molar refractivity (Wildman–Crippen MR) is 69.7 cm³/mol. The van der Waals surface area contributed by atoms with Crippen molar-refractivity contribution in [1.29, 1.82) is 0 Å². The van der Waals surface area contributed by atoms with Gasteiger partial charge in [-0.25, -0.2) is 0 Å². The molecule has 1 N–H and O–H groups in total. The Hall–Kier alpha value is -0.0800. The topological polar surface area (TPSA) is 15.3 Å². The zero-order valence-electron chi connectivity index (χ0n) is 11.3. The van der Waals surface area contributed by atoms with Gasteiger partial charge in [0.05, 0.1) is 0 Å². The van der Waals surface area contributed by atoms with Crippen LogP contribution in [-0.4, -0.2) is 35.6 Å². The minimum Gasteiger partial charge on any atom is -0.310 e. The third kappa shape index (κ3) is 2.43. The number of hydrogen-bond acceptors (Lipinski definition) is 2. The fraction of sp³-hybridized carbons (Fsp3) is 1.00. The molecule has 1 saturated carbocycles. The molecule has 94 valence electrons. The van der Waals surface area contributed by atoms with Crippen LogP contribution in [0.3, 0.4) is 0 Å². The van der Waals surface area contributed by atoms with Gasteiger partial charge in [-0.05, 0) is 38.5 Å². The molecule has 1 heterocycles. The third-order valence-electron chi connectivity index (χ3n) is 4.88. The molecule has 0 aromatic heterocycles. The summed E-state index contributed by atoms with van der Waals surface area (Å²) in [7, 11) is 0. The van der Waals surface area contributed by atoms with Crippen LogP contribution in [0.1, 0.15) is 59.3 Å². The molecular weight excluding hydrogens is 196 g/mol.